The van der Waals surface area contributed by atoms with Crippen molar-refractivity contribution in [3.8, 4) is 11.4 Å². The Morgan fingerprint density at radius 3 is 2.54 bits per heavy atom. The molecular formula is C24H27FN4O5S. The number of benzene rings is 1. The highest BCUT2D eigenvalue weighted by Gasteiger charge is 2.30. The molecule has 35 heavy (non-hydrogen) atoms. The Hall–Kier alpha value is -3.05. The highest BCUT2D eigenvalue weighted by molar-refractivity contribution is 7.89. The molecule has 0 radical (unpaired) electrons. The monoisotopic (exact) mass is 502 g/mol. The van der Waals surface area contributed by atoms with Crippen molar-refractivity contribution in [3.63, 3.8) is 0 Å². The van der Waals surface area contributed by atoms with Gasteiger partial charge in [0.2, 0.25) is 10.0 Å². The van der Waals surface area contributed by atoms with E-state index < -0.39 is 15.9 Å². The van der Waals surface area contributed by atoms with Crippen LogP contribution in [-0.2, 0) is 14.8 Å². The van der Waals surface area contributed by atoms with Crippen LogP contribution in [0.4, 0.5) is 4.39 Å². The molecule has 186 valence electrons. The maximum Gasteiger partial charge on any atom is 0.283 e. The van der Waals surface area contributed by atoms with E-state index in [4.69, 9.17) is 14.6 Å². The number of nitrogens with zero attached hydrogens (tertiary/aromatic N) is 3. The normalized spacial score (nSPS) is 17.3. The van der Waals surface area contributed by atoms with E-state index in [-0.39, 0.29) is 17.4 Å². The van der Waals surface area contributed by atoms with Gasteiger partial charge in [-0.05, 0) is 55.9 Å². The Morgan fingerprint density at radius 1 is 1.20 bits per heavy atom. The second kappa shape index (κ2) is 9.54. The molecule has 1 aliphatic heterocycles. The Labute approximate surface area is 202 Å². The van der Waals surface area contributed by atoms with Crippen LogP contribution in [-0.4, -0.2) is 55.2 Å². The number of carbonyl (C=O) groups is 1. The fourth-order valence-electron chi connectivity index (χ4n) is 4.41. The van der Waals surface area contributed by atoms with Crippen LogP contribution in [0.2, 0.25) is 0 Å². The quantitative estimate of drug-likeness (QED) is 0.527. The summed E-state index contributed by atoms with van der Waals surface area (Å²) in [5.74, 6) is -0.273. The molecule has 1 amide bonds. The molecule has 3 aromatic rings. The number of rotatable bonds is 7. The number of aromatic nitrogens is 3. The van der Waals surface area contributed by atoms with E-state index in [0.717, 1.165) is 44.1 Å². The van der Waals surface area contributed by atoms with Gasteiger partial charge in [-0.1, -0.05) is 6.42 Å². The number of halogens is 1. The largest absolute Gasteiger partial charge is 0.492 e. The Morgan fingerprint density at radius 2 is 1.91 bits per heavy atom. The minimum Gasteiger partial charge on any atom is -0.492 e. The lowest BCUT2D eigenvalue weighted by atomic mass is 9.82. The van der Waals surface area contributed by atoms with Gasteiger partial charge in [0.1, 0.15) is 17.3 Å². The summed E-state index contributed by atoms with van der Waals surface area (Å²) in [7, 11) is -3.80. The molecular weight excluding hydrogens is 475 g/mol. The van der Waals surface area contributed by atoms with E-state index in [9.17, 15) is 17.6 Å². The van der Waals surface area contributed by atoms with Gasteiger partial charge in [-0.25, -0.2) is 27.2 Å². The lowest BCUT2D eigenvalue weighted by Gasteiger charge is -2.25. The van der Waals surface area contributed by atoms with E-state index in [0.29, 0.717) is 48.2 Å². The SMILES string of the molecule is CS(=O)(=O)NC(=O)c1cc(OCC2CCOCC2)c2c(C3CCC3)nn(-c3ccc(F)cc3)c2n1. The molecule has 2 aromatic heterocycles. The summed E-state index contributed by atoms with van der Waals surface area (Å²) in [5.41, 5.74) is 1.65. The first-order valence-electron chi connectivity index (χ1n) is 11.7. The van der Waals surface area contributed by atoms with Crippen LogP contribution in [0.25, 0.3) is 16.7 Å². The van der Waals surface area contributed by atoms with Gasteiger partial charge in [0.15, 0.2) is 5.65 Å². The first-order chi connectivity index (χ1) is 16.8. The third kappa shape index (κ3) is 5.15. The first-order valence-corrected chi connectivity index (χ1v) is 13.6. The molecule has 0 bridgehead atoms. The lowest BCUT2D eigenvalue weighted by Crippen LogP contribution is -2.30. The second-order valence-electron chi connectivity index (χ2n) is 9.18. The molecule has 0 spiro atoms. The third-order valence-electron chi connectivity index (χ3n) is 6.52. The Bertz CT molecular complexity index is 1350. The minimum absolute atomic E-state index is 0.103. The topological polar surface area (TPSA) is 112 Å². The van der Waals surface area contributed by atoms with Crippen molar-refractivity contribution < 1.29 is 27.1 Å². The highest BCUT2D eigenvalue weighted by atomic mass is 32.2. The van der Waals surface area contributed by atoms with Crippen LogP contribution >= 0.6 is 0 Å². The van der Waals surface area contributed by atoms with Crippen LogP contribution < -0.4 is 9.46 Å². The maximum atomic E-state index is 13.6. The van der Waals surface area contributed by atoms with E-state index in [1.165, 1.54) is 18.2 Å². The van der Waals surface area contributed by atoms with Crippen LogP contribution in [0.5, 0.6) is 5.75 Å². The van der Waals surface area contributed by atoms with Gasteiger partial charge >= 0.3 is 0 Å². The van der Waals surface area contributed by atoms with Crippen LogP contribution in [0.15, 0.2) is 30.3 Å². The molecule has 11 heteroatoms. The van der Waals surface area contributed by atoms with Crippen molar-refractivity contribution in [2.24, 2.45) is 5.92 Å². The predicted octanol–water partition coefficient (Wildman–Crippen LogP) is 3.32. The smallest absolute Gasteiger partial charge is 0.283 e. The summed E-state index contributed by atoms with van der Waals surface area (Å²) in [6.07, 6.45) is 5.70. The van der Waals surface area contributed by atoms with E-state index in [1.807, 2.05) is 4.72 Å². The van der Waals surface area contributed by atoms with E-state index in [1.54, 1.807) is 16.8 Å². The molecule has 1 N–H and O–H groups in total. The molecule has 1 saturated heterocycles. The van der Waals surface area contributed by atoms with Crippen molar-refractivity contribution in [2.75, 3.05) is 26.1 Å². The number of sulfonamides is 1. The van der Waals surface area contributed by atoms with Gasteiger partial charge < -0.3 is 9.47 Å². The summed E-state index contributed by atoms with van der Waals surface area (Å²) in [6, 6.07) is 7.31. The van der Waals surface area contributed by atoms with Gasteiger partial charge in [-0.2, -0.15) is 5.10 Å². The second-order valence-corrected chi connectivity index (χ2v) is 10.9. The summed E-state index contributed by atoms with van der Waals surface area (Å²) in [4.78, 5) is 17.3. The van der Waals surface area contributed by atoms with Crippen molar-refractivity contribution in [3.05, 3.63) is 47.5 Å². The standard InChI is InChI=1S/C24H27FN4O5S/c1-35(31,32)28-24(30)19-13-20(34-14-15-9-11-33-12-10-15)21-22(16-3-2-4-16)27-29(23(21)26-19)18-7-5-17(25)6-8-18/h5-8,13,15-16H,2-4,9-12,14H2,1H3,(H,28,30). The number of hydrogen-bond donors (Lipinski definition) is 1. The molecule has 1 aliphatic carbocycles. The summed E-state index contributed by atoms with van der Waals surface area (Å²) in [6.45, 7) is 1.79. The van der Waals surface area contributed by atoms with Crippen molar-refractivity contribution in [1.82, 2.24) is 19.5 Å². The van der Waals surface area contributed by atoms with Crippen molar-refractivity contribution in [1.29, 1.82) is 0 Å². The predicted molar refractivity (Wildman–Crippen MR) is 127 cm³/mol. The maximum absolute atomic E-state index is 13.6. The summed E-state index contributed by atoms with van der Waals surface area (Å²) in [5, 5.41) is 5.52. The molecule has 2 aliphatic rings. The highest BCUT2D eigenvalue weighted by Crippen LogP contribution is 2.42. The van der Waals surface area contributed by atoms with Gasteiger partial charge in [0.25, 0.3) is 5.91 Å². The molecule has 9 nitrogen and oxygen atoms in total. The average Bonchev–Trinajstić information content (AvgIpc) is 3.15. The number of ether oxygens (including phenoxy) is 2. The number of hydrogen-bond acceptors (Lipinski definition) is 7. The number of fused-ring (bicyclic) bond motifs is 1. The molecule has 2 fully saturated rings. The van der Waals surface area contributed by atoms with Gasteiger partial charge in [0, 0.05) is 25.2 Å². The first kappa shape index (κ1) is 23.7. The van der Waals surface area contributed by atoms with Crippen LogP contribution in [0.3, 0.4) is 0 Å². The molecule has 0 atom stereocenters. The molecule has 0 unspecified atom stereocenters. The summed E-state index contributed by atoms with van der Waals surface area (Å²) >= 11 is 0. The zero-order valence-corrected chi connectivity index (χ0v) is 20.2. The van der Waals surface area contributed by atoms with Gasteiger partial charge in [0.05, 0.1) is 29.6 Å². The Balaban J connectivity index is 1.64. The van der Waals surface area contributed by atoms with Crippen LogP contribution in [0.1, 0.15) is 54.2 Å². The molecule has 3 heterocycles. The molecule has 1 saturated carbocycles. The van der Waals surface area contributed by atoms with E-state index in [2.05, 4.69) is 4.98 Å². The lowest BCUT2D eigenvalue weighted by molar-refractivity contribution is 0.0499. The van der Waals surface area contributed by atoms with Gasteiger partial charge in [-0.15, -0.1) is 0 Å². The fraction of sp³-hybridized carbons (Fsp3) is 0.458. The molecule has 5 rings (SSSR count). The third-order valence-corrected chi connectivity index (χ3v) is 7.07. The van der Waals surface area contributed by atoms with Crippen molar-refractivity contribution in [2.45, 2.75) is 38.0 Å². The number of amides is 1. The number of carbonyl (C=O) groups excluding carboxylic acids is 1. The Kier molecular flexibility index (Phi) is 6.45. The number of pyridine rings is 1. The zero-order valence-electron chi connectivity index (χ0n) is 19.4. The summed E-state index contributed by atoms with van der Waals surface area (Å²) < 4.78 is 52.2. The van der Waals surface area contributed by atoms with Crippen molar-refractivity contribution >= 4 is 27.0 Å². The van der Waals surface area contributed by atoms with Gasteiger partial charge in [-0.3, -0.25) is 4.79 Å². The minimum atomic E-state index is -3.80. The average molecular weight is 503 g/mol. The van der Waals surface area contributed by atoms with Crippen LogP contribution in [0, 0.1) is 11.7 Å². The van der Waals surface area contributed by atoms with E-state index >= 15 is 0 Å². The number of nitrogens with one attached hydrogen (secondary N) is 1. The zero-order chi connectivity index (χ0) is 24.6. The fourth-order valence-corrected chi connectivity index (χ4v) is 4.85. The molecule has 1 aromatic carbocycles.